The van der Waals surface area contributed by atoms with Crippen molar-refractivity contribution < 1.29 is 19.0 Å². The number of likely N-dealkylation sites (tertiary alicyclic amines) is 1. The number of nitrogens with zero attached hydrogens (tertiary/aromatic N) is 1. The van der Waals surface area contributed by atoms with Gasteiger partial charge in [0.1, 0.15) is 11.5 Å². The summed E-state index contributed by atoms with van der Waals surface area (Å²) >= 11 is 5.85. The Balaban J connectivity index is 1.35. The van der Waals surface area contributed by atoms with E-state index in [1.54, 1.807) is 36.3 Å². The molecule has 1 aliphatic heterocycles. The number of carbonyl (C=O) groups is 1. The van der Waals surface area contributed by atoms with Gasteiger partial charge in [0.2, 0.25) is 0 Å². The maximum atomic E-state index is 12.1. The first kappa shape index (κ1) is 17.6. The minimum absolute atomic E-state index is 0.0240. The van der Waals surface area contributed by atoms with Gasteiger partial charge < -0.3 is 19.1 Å². The molecule has 2 aromatic carbocycles. The quantitative estimate of drug-likeness (QED) is 0.760. The summed E-state index contributed by atoms with van der Waals surface area (Å²) in [6.45, 7) is 1.74. The first-order chi connectivity index (χ1) is 12.1. The summed E-state index contributed by atoms with van der Waals surface area (Å²) in [5, 5.41) is 0.709. The second-order valence-electron chi connectivity index (χ2n) is 5.82. The third-order valence-corrected chi connectivity index (χ3v) is 4.27. The number of hydrogen-bond donors (Lipinski definition) is 0. The predicted molar refractivity (Wildman–Crippen MR) is 95.1 cm³/mol. The lowest BCUT2D eigenvalue weighted by molar-refractivity contribution is -0.148. The van der Waals surface area contributed by atoms with Crippen LogP contribution in [0.25, 0.3) is 0 Å². The molecule has 25 heavy (non-hydrogen) atoms. The smallest absolute Gasteiger partial charge is 0.260 e. The van der Waals surface area contributed by atoms with Crippen molar-refractivity contribution in [3.8, 4) is 11.5 Å². The zero-order valence-corrected chi connectivity index (χ0v) is 14.7. The predicted octanol–water partition coefficient (Wildman–Crippen LogP) is 3.16. The Kier molecular flexibility index (Phi) is 5.79. The molecule has 1 fully saturated rings. The van der Waals surface area contributed by atoms with Gasteiger partial charge >= 0.3 is 0 Å². The van der Waals surface area contributed by atoms with Gasteiger partial charge in [-0.3, -0.25) is 4.79 Å². The number of rotatable bonds is 7. The van der Waals surface area contributed by atoms with Gasteiger partial charge in [-0.25, -0.2) is 0 Å². The number of hydrogen-bond acceptors (Lipinski definition) is 4. The Labute approximate surface area is 152 Å². The van der Waals surface area contributed by atoms with Gasteiger partial charge in [0.15, 0.2) is 6.61 Å². The van der Waals surface area contributed by atoms with Crippen molar-refractivity contribution in [1.82, 2.24) is 4.90 Å². The molecule has 0 radical (unpaired) electrons. The molecule has 1 heterocycles. The second kappa shape index (κ2) is 8.23. The van der Waals surface area contributed by atoms with Gasteiger partial charge in [0.25, 0.3) is 5.91 Å². The summed E-state index contributed by atoms with van der Waals surface area (Å²) < 4.78 is 16.4. The highest BCUT2D eigenvalue weighted by atomic mass is 35.5. The molecule has 1 aliphatic rings. The minimum Gasteiger partial charge on any atom is -0.497 e. The highest BCUT2D eigenvalue weighted by Gasteiger charge is 2.31. The average molecular weight is 362 g/mol. The number of ether oxygens (including phenoxy) is 3. The van der Waals surface area contributed by atoms with E-state index < -0.39 is 0 Å². The Bertz CT molecular complexity index is 696. The third-order valence-electron chi connectivity index (χ3n) is 4.02. The van der Waals surface area contributed by atoms with Crippen LogP contribution in [0.15, 0.2) is 48.5 Å². The van der Waals surface area contributed by atoms with Crippen molar-refractivity contribution in [2.24, 2.45) is 0 Å². The van der Waals surface area contributed by atoms with E-state index >= 15 is 0 Å². The first-order valence-electron chi connectivity index (χ1n) is 8.05. The van der Waals surface area contributed by atoms with Crippen LogP contribution >= 0.6 is 11.6 Å². The molecule has 0 atom stereocenters. The monoisotopic (exact) mass is 361 g/mol. The van der Waals surface area contributed by atoms with Gasteiger partial charge in [-0.2, -0.15) is 0 Å². The second-order valence-corrected chi connectivity index (χ2v) is 6.26. The molecule has 3 rings (SSSR count). The SMILES string of the molecule is COc1ccc(OCC(=O)N2CC(OCc3ccc(Cl)cc3)C2)cc1. The normalized spacial score (nSPS) is 14.1. The van der Waals surface area contributed by atoms with Gasteiger partial charge in [-0.05, 0) is 42.0 Å². The van der Waals surface area contributed by atoms with Crippen LogP contribution in [0.1, 0.15) is 5.56 Å². The average Bonchev–Trinajstić information content (AvgIpc) is 2.60. The van der Waals surface area contributed by atoms with Crippen molar-refractivity contribution in [2.45, 2.75) is 12.7 Å². The third kappa shape index (κ3) is 4.87. The lowest BCUT2D eigenvalue weighted by Crippen LogP contribution is -2.55. The number of halogens is 1. The van der Waals surface area contributed by atoms with Crippen molar-refractivity contribution in [3.05, 3.63) is 59.1 Å². The molecule has 0 aromatic heterocycles. The van der Waals surface area contributed by atoms with Gasteiger partial charge in [0, 0.05) is 18.1 Å². The molecule has 0 saturated carbocycles. The van der Waals surface area contributed by atoms with E-state index in [1.807, 2.05) is 24.3 Å². The highest BCUT2D eigenvalue weighted by molar-refractivity contribution is 6.30. The topological polar surface area (TPSA) is 48.0 Å². The van der Waals surface area contributed by atoms with Crippen LogP contribution in [-0.4, -0.2) is 43.7 Å². The van der Waals surface area contributed by atoms with Gasteiger partial charge in [-0.1, -0.05) is 23.7 Å². The van der Waals surface area contributed by atoms with E-state index in [4.69, 9.17) is 25.8 Å². The molecule has 132 valence electrons. The van der Waals surface area contributed by atoms with Crippen molar-refractivity contribution in [2.75, 3.05) is 26.8 Å². The summed E-state index contributed by atoms with van der Waals surface area (Å²) in [6.07, 6.45) is 0.0700. The van der Waals surface area contributed by atoms with Crippen LogP contribution in [0.3, 0.4) is 0 Å². The Morgan fingerprint density at radius 2 is 1.72 bits per heavy atom. The number of amides is 1. The van der Waals surface area contributed by atoms with E-state index in [2.05, 4.69) is 0 Å². The van der Waals surface area contributed by atoms with E-state index in [1.165, 1.54) is 0 Å². The summed E-state index contributed by atoms with van der Waals surface area (Å²) in [4.78, 5) is 13.8. The molecule has 0 spiro atoms. The van der Waals surface area contributed by atoms with Crippen LogP contribution in [-0.2, 0) is 16.1 Å². The molecule has 6 heteroatoms. The minimum atomic E-state index is -0.0397. The van der Waals surface area contributed by atoms with E-state index in [0.717, 1.165) is 11.3 Å². The summed E-state index contributed by atoms with van der Waals surface area (Å²) in [7, 11) is 1.61. The molecule has 0 unspecified atom stereocenters. The molecule has 1 saturated heterocycles. The molecular weight excluding hydrogens is 342 g/mol. The molecule has 0 bridgehead atoms. The molecule has 2 aromatic rings. The van der Waals surface area contributed by atoms with Crippen LogP contribution < -0.4 is 9.47 Å². The summed E-state index contributed by atoms with van der Waals surface area (Å²) in [5.74, 6) is 1.36. The number of methoxy groups -OCH3 is 1. The van der Waals surface area contributed by atoms with Crippen molar-refractivity contribution in [3.63, 3.8) is 0 Å². The van der Waals surface area contributed by atoms with Crippen LogP contribution in [0.2, 0.25) is 5.02 Å². The van der Waals surface area contributed by atoms with Crippen molar-refractivity contribution >= 4 is 17.5 Å². The number of carbonyl (C=O) groups excluding carboxylic acids is 1. The van der Waals surface area contributed by atoms with E-state index in [9.17, 15) is 4.79 Å². The fraction of sp³-hybridized carbons (Fsp3) is 0.316. The summed E-state index contributed by atoms with van der Waals surface area (Å²) in [6, 6.07) is 14.7. The Morgan fingerprint density at radius 3 is 2.36 bits per heavy atom. The fourth-order valence-corrected chi connectivity index (χ4v) is 2.58. The van der Waals surface area contributed by atoms with Crippen LogP contribution in [0.4, 0.5) is 0 Å². The van der Waals surface area contributed by atoms with Crippen LogP contribution in [0.5, 0.6) is 11.5 Å². The van der Waals surface area contributed by atoms with Crippen LogP contribution in [0, 0.1) is 0 Å². The maximum Gasteiger partial charge on any atom is 0.260 e. The molecule has 0 N–H and O–H groups in total. The lowest BCUT2D eigenvalue weighted by Gasteiger charge is -2.38. The highest BCUT2D eigenvalue weighted by Crippen LogP contribution is 2.19. The van der Waals surface area contributed by atoms with Gasteiger partial charge in [0.05, 0.1) is 19.8 Å². The number of benzene rings is 2. The fourth-order valence-electron chi connectivity index (χ4n) is 2.45. The standard InChI is InChI=1S/C19H20ClNO4/c1-23-16-6-8-17(9-7-16)25-13-19(22)21-10-18(11-21)24-12-14-2-4-15(20)5-3-14/h2-9,18H,10-13H2,1H3. The van der Waals surface area contributed by atoms with Crippen molar-refractivity contribution in [1.29, 1.82) is 0 Å². The first-order valence-corrected chi connectivity index (χ1v) is 8.42. The zero-order chi connectivity index (χ0) is 17.6. The van der Waals surface area contributed by atoms with Gasteiger partial charge in [-0.15, -0.1) is 0 Å². The maximum absolute atomic E-state index is 12.1. The Morgan fingerprint density at radius 1 is 1.08 bits per heavy atom. The molecule has 5 nitrogen and oxygen atoms in total. The lowest BCUT2D eigenvalue weighted by atomic mass is 10.1. The Hall–Kier alpha value is -2.24. The van der Waals surface area contributed by atoms with E-state index in [-0.39, 0.29) is 18.6 Å². The molecule has 1 amide bonds. The largest absolute Gasteiger partial charge is 0.497 e. The summed E-state index contributed by atoms with van der Waals surface area (Å²) in [5.41, 5.74) is 1.07. The molecule has 0 aliphatic carbocycles. The van der Waals surface area contributed by atoms with E-state index in [0.29, 0.717) is 30.5 Å². The zero-order valence-electron chi connectivity index (χ0n) is 14.0. The molecular formula is C19H20ClNO4.